The van der Waals surface area contributed by atoms with Crippen molar-refractivity contribution in [3.05, 3.63) is 59.9 Å². The van der Waals surface area contributed by atoms with Gasteiger partial charge in [-0.2, -0.15) is 0 Å². The molecule has 2 aromatic rings. The number of carbonyl (C=O) groups excluding carboxylic acids is 1. The molecule has 0 fully saturated rings. The van der Waals surface area contributed by atoms with Crippen molar-refractivity contribution in [2.24, 2.45) is 0 Å². The van der Waals surface area contributed by atoms with E-state index in [2.05, 4.69) is 5.32 Å². The predicted molar refractivity (Wildman–Crippen MR) is 110 cm³/mol. The Morgan fingerprint density at radius 3 is 2.55 bits per heavy atom. The quantitative estimate of drug-likeness (QED) is 0.596. The maximum atomic E-state index is 12.9. The highest BCUT2D eigenvalue weighted by molar-refractivity contribution is 7.90. The summed E-state index contributed by atoms with van der Waals surface area (Å²) in [5.74, 6) is 0.0812. The van der Waals surface area contributed by atoms with E-state index in [1.165, 1.54) is 24.3 Å². The van der Waals surface area contributed by atoms with E-state index < -0.39 is 9.84 Å². The van der Waals surface area contributed by atoms with Gasteiger partial charge in [0, 0.05) is 19.3 Å². The van der Waals surface area contributed by atoms with E-state index in [1.807, 2.05) is 18.9 Å². The second-order valence-corrected chi connectivity index (χ2v) is 8.97. The molecule has 2 aromatic carbocycles. The number of ether oxygens (including phenoxy) is 1. The summed E-state index contributed by atoms with van der Waals surface area (Å²) in [4.78, 5) is 14.4. The maximum Gasteiger partial charge on any atom is 0.237 e. The maximum absolute atomic E-state index is 12.9. The highest BCUT2D eigenvalue weighted by Crippen LogP contribution is 2.17. The van der Waals surface area contributed by atoms with Gasteiger partial charge in [-0.1, -0.05) is 18.2 Å². The van der Waals surface area contributed by atoms with E-state index in [0.29, 0.717) is 31.9 Å². The van der Waals surface area contributed by atoms with Crippen molar-refractivity contribution in [2.75, 3.05) is 26.5 Å². The second-order valence-electron chi connectivity index (χ2n) is 6.95. The molecule has 2 rings (SSSR count). The molecule has 0 aromatic heterocycles. The number of hydrogen-bond donors (Lipinski definition) is 1. The third kappa shape index (κ3) is 7.47. The average molecular weight is 423 g/mol. The van der Waals surface area contributed by atoms with Crippen LogP contribution in [0, 0.1) is 5.82 Å². The van der Waals surface area contributed by atoms with E-state index >= 15 is 0 Å². The van der Waals surface area contributed by atoms with Crippen LogP contribution in [0.25, 0.3) is 0 Å². The van der Waals surface area contributed by atoms with Crippen molar-refractivity contribution < 1.29 is 22.3 Å². The van der Waals surface area contributed by atoms with Crippen LogP contribution in [-0.4, -0.2) is 51.7 Å². The number of nitrogens with one attached hydrogen (secondary N) is 1. The Labute approximate surface area is 171 Å². The van der Waals surface area contributed by atoms with Crippen LogP contribution >= 0.6 is 0 Å². The number of rotatable bonds is 10. The summed E-state index contributed by atoms with van der Waals surface area (Å²) in [6.45, 7) is 3.20. The standard InChI is InChI=1S/C21H27FN2O4S/c1-16(21(25)23-15-17-8-10-18(22)11-9-17)24(2)12-5-13-28-19-6-4-7-20(14-19)29(3,26)27/h4,6-11,14,16H,5,12-13,15H2,1-3H3,(H,23,25). The van der Waals surface area contributed by atoms with Gasteiger partial charge in [-0.25, -0.2) is 12.8 Å². The molecule has 1 amide bonds. The summed E-state index contributed by atoms with van der Waals surface area (Å²) < 4.78 is 41.7. The highest BCUT2D eigenvalue weighted by Gasteiger charge is 2.17. The molecule has 29 heavy (non-hydrogen) atoms. The molecular weight excluding hydrogens is 395 g/mol. The van der Waals surface area contributed by atoms with Gasteiger partial charge in [0.25, 0.3) is 0 Å². The first kappa shape index (κ1) is 22.8. The summed E-state index contributed by atoms with van der Waals surface area (Å²) in [5, 5.41) is 2.84. The number of halogens is 1. The molecule has 1 unspecified atom stereocenters. The first-order valence-corrected chi connectivity index (χ1v) is 11.2. The number of carbonyl (C=O) groups is 1. The van der Waals surface area contributed by atoms with Gasteiger partial charge in [0.15, 0.2) is 9.84 Å². The summed E-state index contributed by atoms with van der Waals surface area (Å²) in [5.41, 5.74) is 0.833. The largest absolute Gasteiger partial charge is 0.494 e. The predicted octanol–water partition coefficient (Wildman–Crippen LogP) is 2.63. The number of sulfone groups is 1. The van der Waals surface area contributed by atoms with Gasteiger partial charge in [-0.3, -0.25) is 9.69 Å². The second kappa shape index (κ2) is 10.4. The van der Waals surface area contributed by atoms with Crippen molar-refractivity contribution >= 4 is 15.7 Å². The molecule has 0 bridgehead atoms. The fourth-order valence-corrected chi connectivity index (χ4v) is 3.29. The molecule has 1 atom stereocenters. The smallest absolute Gasteiger partial charge is 0.237 e. The van der Waals surface area contributed by atoms with Crippen LogP contribution in [0.5, 0.6) is 5.75 Å². The third-order valence-electron chi connectivity index (χ3n) is 4.58. The normalized spacial score (nSPS) is 12.6. The first-order chi connectivity index (χ1) is 13.7. The molecule has 0 radical (unpaired) electrons. The molecule has 0 spiro atoms. The molecule has 1 N–H and O–H groups in total. The Balaban J connectivity index is 1.73. The van der Waals surface area contributed by atoms with Crippen LogP contribution in [0.4, 0.5) is 4.39 Å². The van der Waals surface area contributed by atoms with E-state index in [4.69, 9.17) is 4.74 Å². The van der Waals surface area contributed by atoms with Crippen LogP contribution in [0.3, 0.4) is 0 Å². The lowest BCUT2D eigenvalue weighted by Crippen LogP contribution is -2.43. The Bertz CT molecular complexity index is 917. The van der Waals surface area contributed by atoms with Gasteiger partial charge >= 0.3 is 0 Å². The van der Waals surface area contributed by atoms with Gasteiger partial charge in [-0.05, 0) is 56.3 Å². The molecule has 0 aliphatic carbocycles. The minimum atomic E-state index is -3.27. The Morgan fingerprint density at radius 2 is 1.90 bits per heavy atom. The fourth-order valence-electron chi connectivity index (χ4n) is 2.63. The molecule has 0 saturated heterocycles. The summed E-state index contributed by atoms with van der Waals surface area (Å²) in [7, 11) is -1.42. The van der Waals surface area contributed by atoms with Crippen molar-refractivity contribution in [1.29, 1.82) is 0 Å². The van der Waals surface area contributed by atoms with Crippen molar-refractivity contribution in [2.45, 2.75) is 30.8 Å². The molecular formula is C21H27FN2O4S. The number of nitrogens with zero attached hydrogens (tertiary/aromatic N) is 1. The minimum absolute atomic E-state index is 0.112. The van der Waals surface area contributed by atoms with E-state index in [-0.39, 0.29) is 22.7 Å². The molecule has 6 nitrogen and oxygen atoms in total. The molecule has 0 aliphatic rings. The van der Waals surface area contributed by atoms with Crippen LogP contribution in [0.15, 0.2) is 53.4 Å². The third-order valence-corrected chi connectivity index (χ3v) is 5.69. The van der Waals surface area contributed by atoms with Gasteiger partial charge in [0.2, 0.25) is 5.91 Å². The van der Waals surface area contributed by atoms with Crippen molar-refractivity contribution in [3.8, 4) is 5.75 Å². The van der Waals surface area contributed by atoms with E-state index in [9.17, 15) is 17.6 Å². The lowest BCUT2D eigenvalue weighted by atomic mass is 10.2. The zero-order chi connectivity index (χ0) is 21.4. The lowest BCUT2D eigenvalue weighted by molar-refractivity contribution is -0.125. The number of benzene rings is 2. The zero-order valence-corrected chi connectivity index (χ0v) is 17.7. The van der Waals surface area contributed by atoms with Gasteiger partial charge in [0.1, 0.15) is 11.6 Å². The summed E-state index contributed by atoms with van der Waals surface area (Å²) in [6.07, 6.45) is 1.83. The van der Waals surface area contributed by atoms with Crippen LogP contribution in [0.1, 0.15) is 18.9 Å². The average Bonchev–Trinajstić information content (AvgIpc) is 2.69. The topological polar surface area (TPSA) is 75.7 Å². The lowest BCUT2D eigenvalue weighted by Gasteiger charge is -2.24. The van der Waals surface area contributed by atoms with Crippen molar-refractivity contribution in [1.82, 2.24) is 10.2 Å². The molecule has 0 heterocycles. The Kier molecular flexibility index (Phi) is 8.16. The molecule has 0 saturated carbocycles. The summed E-state index contributed by atoms with van der Waals surface area (Å²) in [6, 6.07) is 12.1. The Morgan fingerprint density at radius 1 is 1.21 bits per heavy atom. The molecule has 158 valence electrons. The highest BCUT2D eigenvalue weighted by atomic mass is 32.2. The number of amides is 1. The van der Waals surface area contributed by atoms with Crippen LogP contribution in [-0.2, 0) is 21.2 Å². The van der Waals surface area contributed by atoms with E-state index in [1.54, 1.807) is 24.3 Å². The first-order valence-electron chi connectivity index (χ1n) is 9.32. The van der Waals surface area contributed by atoms with Gasteiger partial charge in [0.05, 0.1) is 17.5 Å². The SMILES string of the molecule is CC(C(=O)NCc1ccc(F)cc1)N(C)CCCOc1cccc(S(C)(=O)=O)c1. The summed E-state index contributed by atoms with van der Waals surface area (Å²) >= 11 is 0. The van der Waals surface area contributed by atoms with Crippen molar-refractivity contribution in [3.63, 3.8) is 0 Å². The van der Waals surface area contributed by atoms with Crippen LogP contribution < -0.4 is 10.1 Å². The Hall–Kier alpha value is -2.45. The van der Waals surface area contributed by atoms with Gasteiger partial charge < -0.3 is 10.1 Å². The van der Waals surface area contributed by atoms with Gasteiger partial charge in [-0.15, -0.1) is 0 Å². The molecule has 0 aliphatic heterocycles. The van der Waals surface area contributed by atoms with E-state index in [0.717, 1.165) is 11.8 Å². The zero-order valence-electron chi connectivity index (χ0n) is 16.9. The van der Waals surface area contributed by atoms with Crippen LogP contribution in [0.2, 0.25) is 0 Å². The minimum Gasteiger partial charge on any atom is -0.494 e. The fraction of sp³-hybridized carbons (Fsp3) is 0.381. The number of likely N-dealkylation sites (N-methyl/N-ethyl adjacent to an activating group) is 1. The molecule has 8 heteroatoms. The number of hydrogen-bond acceptors (Lipinski definition) is 5. The monoisotopic (exact) mass is 422 g/mol.